The molecule has 0 aromatic carbocycles. The minimum Gasteiger partial charge on any atom is -0.355 e. The Hall–Kier alpha value is -0.0300. The molecule has 0 aromatic rings. The molecule has 0 bridgehead atoms. The van der Waals surface area contributed by atoms with Crippen LogP contribution in [0.3, 0.4) is 0 Å². The van der Waals surface area contributed by atoms with Crippen LogP contribution in [0.4, 0.5) is 0 Å². The van der Waals surface area contributed by atoms with E-state index in [4.69, 9.17) is 0 Å². The Morgan fingerprint density at radius 2 is 2.05 bits per heavy atom. The van der Waals surface area contributed by atoms with Crippen molar-refractivity contribution in [2.24, 2.45) is 5.92 Å². The number of nitrogens with one attached hydrogen (secondary N) is 2. The Morgan fingerprint density at radius 3 is 2.68 bits per heavy atom. The van der Waals surface area contributed by atoms with Crippen molar-refractivity contribution in [2.45, 2.75) is 32.6 Å². The smallest absolute Gasteiger partial charge is 0.220 e. The summed E-state index contributed by atoms with van der Waals surface area (Å²) in [6.45, 7) is 7.41. The molecule has 1 heterocycles. The number of amides is 1. The van der Waals surface area contributed by atoms with Gasteiger partial charge in [-0.25, -0.2) is 0 Å². The number of halogens is 2. The van der Waals surface area contributed by atoms with Crippen LogP contribution in [0.15, 0.2) is 0 Å². The van der Waals surface area contributed by atoms with Crippen molar-refractivity contribution in [1.29, 1.82) is 0 Å². The first-order valence-electron chi connectivity index (χ1n) is 6.86. The zero-order chi connectivity index (χ0) is 12.5. The third-order valence-electron chi connectivity index (χ3n) is 3.32. The molecule has 1 aliphatic heterocycles. The van der Waals surface area contributed by atoms with Gasteiger partial charge < -0.3 is 15.5 Å². The number of hydrogen-bond donors (Lipinski definition) is 2. The van der Waals surface area contributed by atoms with E-state index in [1.54, 1.807) is 0 Å². The summed E-state index contributed by atoms with van der Waals surface area (Å²) in [5, 5.41) is 6.04. The molecular weight excluding hydrogens is 285 g/mol. The average Bonchev–Trinajstić information content (AvgIpc) is 2.29. The van der Waals surface area contributed by atoms with Gasteiger partial charge in [-0.1, -0.05) is 6.92 Å². The van der Waals surface area contributed by atoms with E-state index in [0.717, 1.165) is 32.0 Å². The molecule has 1 atom stereocenters. The maximum Gasteiger partial charge on any atom is 0.220 e. The van der Waals surface area contributed by atoms with Crippen LogP contribution < -0.4 is 10.6 Å². The molecule has 4 nitrogen and oxygen atoms in total. The number of carbonyl (C=O) groups excluding carboxylic acids is 1. The summed E-state index contributed by atoms with van der Waals surface area (Å²) in [5.41, 5.74) is 0. The van der Waals surface area contributed by atoms with E-state index in [1.807, 2.05) is 7.05 Å². The lowest BCUT2D eigenvalue weighted by molar-refractivity contribution is -0.121. The van der Waals surface area contributed by atoms with E-state index in [-0.39, 0.29) is 30.7 Å². The zero-order valence-corrected chi connectivity index (χ0v) is 13.7. The lowest BCUT2D eigenvalue weighted by Gasteiger charge is -2.30. The second kappa shape index (κ2) is 13.0. The summed E-state index contributed by atoms with van der Waals surface area (Å²) in [6.07, 6.45) is 4.21. The predicted molar refractivity (Wildman–Crippen MR) is 85.5 cm³/mol. The number of hydrogen-bond acceptors (Lipinski definition) is 3. The summed E-state index contributed by atoms with van der Waals surface area (Å²) >= 11 is 0. The molecule has 2 N–H and O–H groups in total. The van der Waals surface area contributed by atoms with Crippen LogP contribution in [-0.2, 0) is 4.79 Å². The molecule has 0 aliphatic carbocycles. The minimum atomic E-state index is 0. The van der Waals surface area contributed by atoms with Gasteiger partial charge in [0.1, 0.15) is 0 Å². The highest BCUT2D eigenvalue weighted by Gasteiger charge is 2.15. The number of likely N-dealkylation sites (tertiary alicyclic amines) is 1. The third-order valence-corrected chi connectivity index (χ3v) is 3.32. The first-order valence-corrected chi connectivity index (χ1v) is 6.86. The van der Waals surface area contributed by atoms with Gasteiger partial charge in [-0.15, -0.1) is 24.8 Å². The number of nitrogens with zero attached hydrogens (tertiary/aromatic N) is 1. The van der Waals surface area contributed by atoms with E-state index in [9.17, 15) is 4.79 Å². The second-order valence-electron chi connectivity index (χ2n) is 5.11. The molecule has 19 heavy (non-hydrogen) atoms. The molecule has 1 amide bonds. The van der Waals surface area contributed by atoms with Gasteiger partial charge in [0.2, 0.25) is 5.91 Å². The van der Waals surface area contributed by atoms with E-state index in [1.165, 1.54) is 25.9 Å². The Balaban J connectivity index is 0. The summed E-state index contributed by atoms with van der Waals surface area (Å²) in [4.78, 5) is 13.9. The molecule has 0 aromatic heterocycles. The van der Waals surface area contributed by atoms with Crippen molar-refractivity contribution in [3.8, 4) is 0 Å². The topological polar surface area (TPSA) is 44.4 Å². The molecule has 1 rings (SSSR count). The molecule has 1 unspecified atom stereocenters. The Bertz CT molecular complexity index is 230. The van der Waals surface area contributed by atoms with E-state index in [0.29, 0.717) is 6.42 Å². The Kier molecular flexibility index (Phi) is 14.5. The Labute approximate surface area is 129 Å². The van der Waals surface area contributed by atoms with Crippen molar-refractivity contribution in [3.05, 3.63) is 0 Å². The van der Waals surface area contributed by atoms with Gasteiger partial charge in [-0.2, -0.15) is 0 Å². The van der Waals surface area contributed by atoms with Crippen LogP contribution >= 0.6 is 24.8 Å². The summed E-state index contributed by atoms with van der Waals surface area (Å²) in [5.74, 6) is 1.00. The van der Waals surface area contributed by atoms with Crippen molar-refractivity contribution in [2.75, 3.05) is 39.8 Å². The minimum absolute atomic E-state index is 0. The zero-order valence-electron chi connectivity index (χ0n) is 12.1. The highest BCUT2D eigenvalue weighted by atomic mass is 35.5. The van der Waals surface area contributed by atoms with Crippen molar-refractivity contribution in [1.82, 2.24) is 15.5 Å². The van der Waals surface area contributed by atoms with Gasteiger partial charge in [0.25, 0.3) is 0 Å². The molecule has 0 spiro atoms. The van der Waals surface area contributed by atoms with Crippen LogP contribution in [0, 0.1) is 5.92 Å². The summed E-state index contributed by atoms with van der Waals surface area (Å²) in [6, 6.07) is 0. The quantitative estimate of drug-likeness (QED) is 0.703. The fraction of sp³-hybridized carbons (Fsp3) is 0.923. The standard InChI is InChI=1S/C13H27N3O.2ClH/c1-12-5-4-9-16(11-12)10-8-15-13(17)6-3-7-14-2;;/h12,14H,3-11H2,1-2H3,(H,15,17);2*1H. The van der Waals surface area contributed by atoms with E-state index < -0.39 is 0 Å². The molecule has 1 fully saturated rings. The number of piperidine rings is 1. The van der Waals surface area contributed by atoms with Gasteiger partial charge in [0.05, 0.1) is 0 Å². The molecule has 116 valence electrons. The Morgan fingerprint density at radius 1 is 1.32 bits per heavy atom. The number of rotatable bonds is 7. The van der Waals surface area contributed by atoms with E-state index >= 15 is 0 Å². The fourth-order valence-electron chi connectivity index (χ4n) is 2.36. The van der Waals surface area contributed by atoms with Crippen molar-refractivity contribution >= 4 is 30.7 Å². The highest BCUT2D eigenvalue weighted by Crippen LogP contribution is 2.14. The number of carbonyl (C=O) groups is 1. The molecule has 6 heteroatoms. The molecule has 0 saturated carbocycles. The van der Waals surface area contributed by atoms with Crippen LogP contribution in [0.2, 0.25) is 0 Å². The van der Waals surface area contributed by atoms with Gasteiger partial charge in [0.15, 0.2) is 0 Å². The predicted octanol–water partition coefficient (Wildman–Crippen LogP) is 1.68. The third kappa shape index (κ3) is 10.4. The lowest BCUT2D eigenvalue weighted by Crippen LogP contribution is -2.40. The van der Waals surface area contributed by atoms with Crippen LogP contribution in [0.5, 0.6) is 0 Å². The fourth-order valence-corrected chi connectivity index (χ4v) is 2.36. The normalized spacial score (nSPS) is 19.2. The van der Waals surface area contributed by atoms with Crippen molar-refractivity contribution < 1.29 is 4.79 Å². The van der Waals surface area contributed by atoms with E-state index in [2.05, 4.69) is 22.5 Å². The van der Waals surface area contributed by atoms with Gasteiger partial charge in [0, 0.05) is 26.1 Å². The maximum absolute atomic E-state index is 11.5. The SMILES string of the molecule is CNCCCC(=O)NCCN1CCCC(C)C1.Cl.Cl. The summed E-state index contributed by atoms with van der Waals surface area (Å²) < 4.78 is 0. The second-order valence-corrected chi connectivity index (χ2v) is 5.11. The summed E-state index contributed by atoms with van der Waals surface area (Å²) in [7, 11) is 1.91. The van der Waals surface area contributed by atoms with Crippen LogP contribution in [0.1, 0.15) is 32.6 Å². The van der Waals surface area contributed by atoms with Gasteiger partial charge >= 0.3 is 0 Å². The molecule has 1 saturated heterocycles. The monoisotopic (exact) mass is 313 g/mol. The van der Waals surface area contributed by atoms with Crippen LogP contribution in [-0.4, -0.2) is 50.6 Å². The van der Waals surface area contributed by atoms with Crippen molar-refractivity contribution in [3.63, 3.8) is 0 Å². The van der Waals surface area contributed by atoms with Gasteiger partial charge in [-0.05, 0) is 45.3 Å². The largest absolute Gasteiger partial charge is 0.355 e. The van der Waals surface area contributed by atoms with Gasteiger partial charge in [-0.3, -0.25) is 4.79 Å². The lowest BCUT2D eigenvalue weighted by atomic mass is 10.0. The molecule has 0 radical (unpaired) electrons. The first-order chi connectivity index (χ1) is 8.22. The maximum atomic E-state index is 11.5. The highest BCUT2D eigenvalue weighted by molar-refractivity contribution is 5.85. The van der Waals surface area contributed by atoms with Crippen LogP contribution in [0.25, 0.3) is 0 Å². The molecule has 1 aliphatic rings. The average molecular weight is 314 g/mol. The molecular formula is C13H29Cl2N3O. The first kappa shape index (κ1) is 21.3.